The molecule has 12 heteroatoms. The molecule has 1 aromatic heterocycles. The first kappa shape index (κ1) is 21.4. The van der Waals surface area contributed by atoms with Crippen LogP contribution in [0.15, 0.2) is 39.2 Å². The number of hydrogen-bond acceptors (Lipinski definition) is 4. The Morgan fingerprint density at radius 1 is 1.11 bits per heavy atom. The molecule has 0 saturated heterocycles. The van der Waals surface area contributed by atoms with Gasteiger partial charge in [0, 0.05) is 0 Å². The molecule has 0 radical (unpaired) electrons. The highest BCUT2D eigenvalue weighted by molar-refractivity contribution is 7.12. The van der Waals surface area contributed by atoms with Gasteiger partial charge < -0.3 is 15.2 Å². The minimum Gasteiger partial charge on any atom is -0.477 e. The molecule has 2 N–H and O–H groups in total. The number of benzene rings is 1. The van der Waals surface area contributed by atoms with E-state index < -0.39 is 38.8 Å². The maximum Gasteiger partial charge on any atom is 0.416 e. The van der Waals surface area contributed by atoms with Crippen LogP contribution in [0.4, 0.5) is 18.9 Å². The minimum atomic E-state index is -4.70. The van der Waals surface area contributed by atoms with Crippen LogP contribution in [0.1, 0.15) is 15.2 Å². The Kier molecular flexibility index (Phi) is 6.63. The molecule has 27 heavy (non-hydrogen) atoms. The number of hydrogen-bond donors (Lipinski definition) is 2. The van der Waals surface area contributed by atoms with E-state index in [-0.39, 0.29) is 16.4 Å². The molecule has 2 rings (SSSR count). The monoisotopic (exact) mass is 459 g/mol. The van der Waals surface area contributed by atoms with Crippen molar-refractivity contribution in [2.45, 2.75) is 6.18 Å². The second-order valence-electron chi connectivity index (χ2n) is 4.76. The number of alkyl halides is 3. The number of aromatic carboxylic acids is 1. The summed E-state index contributed by atoms with van der Waals surface area (Å²) < 4.78 is 43.7. The molecule has 0 fully saturated rings. The molecule has 0 aliphatic rings. The standard InChI is InChI=1S/C15H7Cl3F3NO4S/c16-10(12(17)18)13(23)22-7-5-6(15(19,20)21)1-2-8(7)26-9-3-4-27-11(9)14(24)25/h1-5H,(H,22,23)(H,24,25). The molecule has 0 spiro atoms. The fourth-order valence-corrected chi connectivity index (χ4v) is 2.68. The Hall–Kier alpha value is -1.94. The lowest BCUT2D eigenvalue weighted by Gasteiger charge is -2.15. The first-order chi connectivity index (χ1) is 12.5. The van der Waals surface area contributed by atoms with Gasteiger partial charge in [-0.1, -0.05) is 34.8 Å². The van der Waals surface area contributed by atoms with E-state index in [1.54, 1.807) is 0 Å². The first-order valence-corrected chi connectivity index (χ1v) is 8.74. The third-order valence-corrected chi connectivity index (χ3v) is 4.78. The van der Waals surface area contributed by atoms with Crippen molar-refractivity contribution >= 4 is 63.7 Å². The quantitative estimate of drug-likeness (QED) is 0.530. The van der Waals surface area contributed by atoms with E-state index in [0.717, 1.165) is 17.4 Å². The van der Waals surface area contributed by atoms with E-state index in [4.69, 9.17) is 44.6 Å². The van der Waals surface area contributed by atoms with Gasteiger partial charge in [-0.25, -0.2) is 4.79 Å². The number of carboxylic acids is 1. The molecule has 0 saturated carbocycles. The van der Waals surface area contributed by atoms with E-state index in [1.165, 1.54) is 11.4 Å². The third kappa shape index (κ3) is 5.29. The van der Waals surface area contributed by atoms with Gasteiger partial charge in [0.05, 0.1) is 11.3 Å². The maximum absolute atomic E-state index is 13.0. The van der Waals surface area contributed by atoms with Crippen LogP contribution in [0.5, 0.6) is 11.5 Å². The topological polar surface area (TPSA) is 75.6 Å². The fraction of sp³-hybridized carbons (Fsp3) is 0.0667. The van der Waals surface area contributed by atoms with E-state index in [1.807, 2.05) is 0 Å². The lowest BCUT2D eigenvalue weighted by atomic mass is 10.1. The fourth-order valence-electron chi connectivity index (χ4n) is 1.81. The Balaban J connectivity index is 2.47. The predicted molar refractivity (Wildman–Crippen MR) is 96.0 cm³/mol. The number of ether oxygens (including phenoxy) is 1. The summed E-state index contributed by atoms with van der Waals surface area (Å²) in [6.07, 6.45) is -4.70. The van der Waals surface area contributed by atoms with Crippen molar-refractivity contribution in [3.8, 4) is 11.5 Å². The lowest BCUT2D eigenvalue weighted by molar-refractivity contribution is -0.137. The zero-order valence-corrected chi connectivity index (χ0v) is 15.8. The molecule has 144 valence electrons. The molecule has 2 aromatic rings. The summed E-state index contributed by atoms with van der Waals surface area (Å²) in [6.45, 7) is 0. The van der Waals surface area contributed by atoms with Crippen molar-refractivity contribution in [1.82, 2.24) is 0 Å². The normalized spacial score (nSPS) is 11.0. The van der Waals surface area contributed by atoms with Gasteiger partial charge in [0.15, 0.2) is 16.4 Å². The van der Waals surface area contributed by atoms with E-state index in [9.17, 15) is 22.8 Å². The number of rotatable bonds is 5. The minimum absolute atomic E-state index is 0.111. The number of anilines is 1. The SMILES string of the molecule is O=C(Nc1cc(C(F)(F)F)ccc1Oc1ccsc1C(=O)O)C(Cl)=C(Cl)Cl. The summed E-state index contributed by atoms with van der Waals surface area (Å²) in [5.74, 6) is -2.71. The van der Waals surface area contributed by atoms with Gasteiger partial charge in [-0.05, 0) is 29.6 Å². The molecule has 0 atom stereocenters. The summed E-state index contributed by atoms with van der Waals surface area (Å²) in [4.78, 5) is 22.9. The second kappa shape index (κ2) is 8.39. The van der Waals surface area contributed by atoms with Crippen molar-refractivity contribution in [2.75, 3.05) is 5.32 Å². The van der Waals surface area contributed by atoms with Gasteiger partial charge in [-0.2, -0.15) is 13.2 Å². The summed E-state index contributed by atoms with van der Waals surface area (Å²) in [6, 6.07) is 3.57. The summed E-state index contributed by atoms with van der Waals surface area (Å²) in [5.41, 5.74) is -1.49. The molecule has 0 bridgehead atoms. The van der Waals surface area contributed by atoms with E-state index in [0.29, 0.717) is 12.1 Å². The molecule has 1 heterocycles. The van der Waals surface area contributed by atoms with E-state index >= 15 is 0 Å². The number of carbonyl (C=O) groups is 2. The Labute approximate surface area is 168 Å². The average molecular weight is 461 g/mol. The highest BCUT2D eigenvalue weighted by atomic mass is 35.5. The zero-order chi connectivity index (χ0) is 20.4. The van der Waals surface area contributed by atoms with Gasteiger partial charge >= 0.3 is 12.1 Å². The van der Waals surface area contributed by atoms with Crippen LogP contribution in [0.25, 0.3) is 0 Å². The number of amides is 1. The van der Waals surface area contributed by atoms with Crippen molar-refractivity contribution in [2.24, 2.45) is 0 Å². The molecular weight excluding hydrogens is 454 g/mol. The Morgan fingerprint density at radius 2 is 1.78 bits per heavy atom. The number of halogens is 6. The molecule has 0 aliphatic heterocycles. The molecule has 1 aromatic carbocycles. The lowest BCUT2D eigenvalue weighted by Crippen LogP contribution is -2.14. The molecule has 0 aliphatic carbocycles. The second-order valence-corrected chi connectivity index (χ2v) is 7.00. The molecule has 5 nitrogen and oxygen atoms in total. The van der Waals surface area contributed by atoms with Crippen LogP contribution >= 0.6 is 46.1 Å². The van der Waals surface area contributed by atoms with Gasteiger partial charge in [-0.3, -0.25) is 4.79 Å². The Bertz CT molecular complexity index is 923. The van der Waals surface area contributed by atoms with Gasteiger partial charge in [0.2, 0.25) is 0 Å². The van der Waals surface area contributed by atoms with Crippen LogP contribution in [0, 0.1) is 0 Å². The number of nitrogens with one attached hydrogen (secondary N) is 1. The maximum atomic E-state index is 13.0. The molecule has 0 unspecified atom stereocenters. The summed E-state index contributed by atoms with van der Waals surface area (Å²) >= 11 is 17.2. The average Bonchev–Trinajstić information content (AvgIpc) is 3.02. The van der Waals surface area contributed by atoms with Crippen LogP contribution in [0.2, 0.25) is 0 Å². The number of carboxylic acid groups (broad SMARTS) is 1. The Morgan fingerprint density at radius 3 is 2.33 bits per heavy atom. The predicted octanol–water partition coefficient (Wildman–Crippen LogP) is 6.08. The highest BCUT2D eigenvalue weighted by Crippen LogP contribution is 2.39. The van der Waals surface area contributed by atoms with Crippen molar-refractivity contribution < 1.29 is 32.6 Å². The third-order valence-electron chi connectivity index (χ3n) is 2.96. The van der Waals surface area contributed by atoms with E-state index in [2.05, 4.69) is 5.32 Å². The van der Waals surface area contributed by atoms with Crippen LogP contribution in [-0.4, -0.2) is 17.0 Å². The van der Waals surface area contributed by atoms with Crippen molar-refractivity contribution in [1.29, 1.82) is 0 Å². The molecular formula is C15H7Cl3F3NO4S. The van der Waals surface area contributed by atoms with Crippen molar-refractivity contribution in [3.05, 3.63) is 49.6 Å². The summed E-state index contributed by atoms with van der Waals surface area (Å²) in [7, 11) is 0. The van der Waals surface area contributed by atoms with Gasteiger partial charge in [0.1, 0.15) is 9.52 Å². The smallest absolute Gasteiger partial charge is 0.416 e. The molecule has 1 amide bonds. The number of carbonyl (C=O) groups excluding carboxylic acids is 1. The van der Waals surface area contributed by atoms with Crippen LogP contribution in [0.3, 0.4) is 0 Å². The van der Waals surface area contributed by atoms with Crippen molar-refractivity contribution in [3.63, 3.8) is 0 Å². The summed E-state index contributed by atoms with van der Waals surface area (Å²) in [5, 5.41) is 12.0. The van der Waals surface area contributed by atoms with Crippen LogP contribution < -0.4 is 10.1 Å². The zero-order valence-electron chi connectivity index (χ0n) is 12.7. The highest BCUT2D eigenvalue weighted by Gasteiger charge is 2.32. The first-order valence-electron chi connectivity index (χ1n) is 6.72. The van der Waals surface area contributed by atoms with Gasteiger partial charge in [0.25, 0.3) is 5.91 Å². The van der Waals surface area contributed by atoms with Gasteiger partial charge in [-0.15, -0.1) is 11.3 Å². The number of thiophene rings is 1. The van der Waals surface area contributed by atoms with Crippen LogP contribution in [-0.2, 0) is 11.0 Å². The largest absolute Gasteiger partial charge is 0.477 e.